The van der Waals surface area contributed by atoms with Crippen molar-refractivity contribution in [2.24, 2.45) is 5.92 Å². The lowest BCUT2D eigenvalue weighted by Crippen LogP contribution is -2.44. The van der Waals surface area contributed by atoms with Gasteiger partial charge in [-0.2, -0.15) is 0 Å². The van der Waals surface area contributed by atoms with E-state index in [-0.39, 0.29) is 5.91 Å². The lowest BCUT2D eigenvalue weighted by Gasteiger charge is -2.34. The molecule has 1 aromatic rings. The number of carbonyl (C=O) groups is 1. The molecule has 0 spiro atoms. The van der Waals surface area contributed by atoms with Gasteiger partial charge in [-0.05, 0) is 38.8 Å². The molecule has 0 N–H and O–H groups in total. The second kappa shape index (κ2) is 4.97. The minimum atomic E-state index is 0.165. The van der Waals surface area contributed by atoms with E-state index in [0.29, 0.717) is 18.1 Å². The van der Waals surface area contributed by atoms with Crippen molar-refractivity contribution < 1.29 is 9.53 Å². The van der Waals surface area contributed by atoms with Crippen molar-refractivity contribution in [3.63, 3.8) is 0 Å². The van der Waals surface area contributed by atoms with Gasteiger partial charge in [0.2, 0.25) is 0 Å². The van der Waals surface area contributed by atoms with Crippen LogP contribution in [-0.4, -0.2) is 36.1 Å². The molecule has 19 heavy (non-hydrogen) atoms. The van der Waals surface area contributed by atoms with Crippen molar-refractivity contribution in [3.8, 4) is 0 Å². The first kappa shape index (κ1) is 12.7. The summed E-state index contributed by atoms with van der Waals surface area (Å²) in [7, 11) is 0. The molecule has 0 saturated carbocycles. The van der Waals surface area contributed by atoms with Crippen LogP contribution in [0, 0.1) is 12.8 Å². The third-order valence-corrected chi connectivity index (χ3v) is 4.29. The number of nitrogens with zero attached hydrogens (tertiary/aromatic N) is 1. The van der Waals surface area contributed by atoms with E-state index in [9.17, 15) is 4.79 Å². The van der Waals surface area contributed by atoms with Gasteiger partial charge in [-0.15, -0.1) is 0 Å². The zero-order chi connectivity index (χ0) is 13.4. The highest BCUT2D eigenvalue weighted by molar-refractivity contribution is 5.94. The van der Waals surface area contributed by atoms with E-state index >= 15 is 0 Å². The Morgan fingerprint density at radius 2 is 2.05 bits per heavy atom. The predicted octanol–water partition coefficient (Wildman–Crippen LogP) is 2.63. The summed E-state index contributed by atoms with van der Waals surface area (Å²) < 4.78 is 5.88. The van der Waals surface area contributed by atoms with Gasteiger partial charge in [0, 0.05) is 24.6 Å². The fourth-order valence-electron chi connectivity index (χ4n) is 3.26. The van der Waals surface area contributed by atoms with E-state index < -0.39 is 0 Å². The van der Waals surface area contributed by atoms with E-state index in [1.165, 1.54) is 5.56 Å². The maximum Gasteiger partial charge on any atom is 0.253 e. The Hall–Kier alpha value is -1.35. The average Bonchev–Trinajstić information content (AvgIpc) is 2.77. The van der Waals surface area contributed by atoms with Crippen LogP contribution in [0.2, 0.25) is 0 Å². The zero-order valence-electron chi connectivity index (χ0n) is 11.6. The summed E-state index contributed by atoms with van der Waals surface area (Å²) in [6.45, 7) is 5.84. The summed E-state index contributed by atoms with van der Waals surface area (Å²) in [6, 6.07) is 7.86. The van der Waals surface area contributed by atoms with Crippen LogP contribution in [0.4, 0.5) is 0 Å². The van der Waals surface area contributed by atoms with Crippen LogP contribution in [0.3, 0.4) is 0 Å². The maximum absolute atomic E-state index is 12.5. The van der Waals surface area contributed by atoms with E-state index in [1.54, 1.807) is 0 Å². The lowest BCUT2D eigenvalue weighted by atomic mass is 9.92. The van der Waals surface area contributed by atoms with Gasteiger partial charge in [0.15, 0.2) is 0 Å². The van der Waals surface area contributed by atoms with Crippen molar-refractivity contribution in [3.05, 3.63) is 35.4 Å². The minimum Gasteiger partial charge on any atom is -0.375 e. The molecule has 0 bridgehead atoms. The molecule has 0 radical (unpaired) electrons. The number of benzene rings is 1. The van der Waals surface area contributed by atoms with Crippen molar-refractivity contribution in [1.29, 1.82) is 0 Å². The first-order chi connectivity index (χ1) is 9.13. The Kier molecular flexibility index (Phi) is 3.31. The number of likely N-dealkylation sites (tertiary alicyclic amines) is 1. The molecule has 0 aliphatic carbocycles. The standard InChI is InChI=1S/C16H21NO2/c1-11-3-5-13(6-4-11)16(18)17-8-7-15-14(10-17)9-12(2)19-15/h3-6,12,14-15H,7-10H2,1-2H3/t12-,14-,15+/m0/s1. The summed E-state index contributed by atoms with van der Waals surface area (Å²) >= 11 is 0. The van der Waals surface area contributed by atoms with Crippen molar-refractivity contribution in [2.75, 3.05) is 13.1 Å². The number of rotatable bonds is 1. The van der Waals surface area contributed by atoms with Gasteiger partial charge < -0.3 is 9.64 Å². The molecule has 3 rings (SSSR count). The van der Waals surface area contributed by atoms with Crippen LogP contribution in [0.25, 0.3) is 0 Å². The second-order valence-electron chi connectivity index (χ2n) is 5.89. The number of ether oxygens (including phenoxy) is 1. The molecule has 3 heteroatoms. The van der Waals surface area contributed by atoms with Crippen molar-refractivity contribution in [2.45, 2.75) is 38.9 Å². The fraction of sp³-hybridized carbons (Fsp3) is 0.562. The SMILES string of the molecule is Cc1ccc(C(=O)N2CC[C@H]3O[C@@H](C)C[C@H]3C2)cc1. The number of aryl methyl sites for hydroxylation is 1. The van der Waals surface area contributed by atoms with Gasteiger partial charge in [-0.3, -0.25) is 4.79 Å². The van der Waals surface area contributed by atoms with Gasteiger partial charge >= 0.3 is 0 Å². The number of hydrogen-bond donors (Lipinski definition) is 0. The van der Waals surface area contributed by atoms with Crippen LogP contribution >= 0.6 is 0 Å². The molecule has 2 heterocycles. The molecule has 3 atom stereocenters. The number of amides is 1. The lowest BCUT2D eigenvalue weighted by molar-refractivity contribution is 0.00865. The van der Waals surface area contributed by atoms with Crippen LogP contribution in [0.1, 0.15) is 35.7 Å². The molecule has 2 saturated heterocycles. The molecule has 102 valence electrons. The molecular formula is C16H21NO2. The Morgan fingerprint density at radius 3 is 2.79 bits per heavy atom. The van der Waals surface area contributed by atoms with Gasteiger partial charge in [0.1, 0.15) is 0 Å². The summed E-state index contributed by atoms with van der Waals surface area (Å²) in [5.74, 6) is 0.691. The molecule has 2 aliphatic rings. The van der Waals surface area contributed by atoms with Gasteiger partial charge in [0.05, 0.1) is 12.2 Å². The summed E-state index contributed by atoms with van der Waals surface area (Å²) in [5, 5.41) is 0. The number of piperidine rings is 1. The first-order valence-corrected chi connectivity index (χ1v) is 7.15. The molecular weight excluding hydrogens is 238 g/mol. The van der Waals surface area contributed by atoms with Crippen molar-refractivity contribution in [1.82, 2.24) is 4.90 Å². The minimum absolute atomic E-state index is 0.165. The average molecular weight is 259 g/mol. The van der Waals surface area contributed by atoms with Gasteiger partial charge in [-0.1, -0.05) is 17.7 Å². The second-order valence-corrected chi connectivity index (χ2v) is 5.89. The Bertz CT molecular complexity index is 468. The van der Waals surface area contributed by atoms with Crippen molar-refractivity contribution >= 4 is 5.91 Å². The zero-order valence-corrected chi connectivity index (χ0v) is 11.6. The Balaban J connectivity index is 1.70. The third-order valence-electron chi connectivity index (χ3n) is 4.29. The smallest absolute Gasteiger partial charge is 0.253 e. The molecule has 3 nitrogen and oxygen atoms in total. The van der Waals surface area contributed by atoms with E-state index in [4.69, 9.17) is 4.74 Å². The van der Waals surface area contributed by atoms with Crippen LogP contribution in [0.15, 0.2) is 24.3 Å². The summed E-state index contributed by atoms with van der Waals surface area (Å²) in [6.07, 6.45) is 2.79. The third kappa shape index (κ3) is 2.52. The summed E-state index contributed by atoms with van der Waals surface area (Å²) in [5.41, 5.74) is 1.99. The first-order valence-electron chi connectivity index (χ1n) is 7.15. The van der Waals surface area contributed by atoms with Gasteiger partial charge in [0.25, 0.3) is 5.91 Å². The number of fused-ring (bicyclic) bond motifs is 1. The molecule has 0 unspecified atom stereocenters. The largest absolute Gasteiger partial charge is 0.375 e. The highest BCUT2D eigenvalue weighted by Gasteiger charge is 2.38. The van der Waals surface area contributed by atoms with E-state index in [2.05, 4.69) is 6.92 Å². The molecule has 1 amide bonds. The Labute approximate surface area is 114 Å². The monoisotopic (exact) mass is 259 g/mol. The van der Waals surface area contributed by atoms with E-state index in [0.717, 1.165) is 31.5 Å². The molecule has 2 aliphatic heterocycles. The number of hydrogen-bond acceptors (Lipinski definition) is 2. The van der Waals surface area contributed by atoms with Crippen LogP contribution in [-0.2, 0) is 4.74 Å². The normalized spacial score (nSPS) is 30.2. The molecule has 1 aromatic carbocycles. The molecule has 0 aromatic heterocycles. The predicted molar refractivity (Wildman–Crippen MR) is 74.1 cm³/mol. The summed E-state index contributed by atoms with van der Waals surface area (Å²) in [4.78, 5) is 14.5. The van der Waals surface area contributed by atoms with Crippen LogP contribution < -0.4 is 0 Å². The number of carbonyl (C=O) groups excluding carboxylic acids is 1. The topological polar surface area (TPSA) is 29.5 Å². The highest BCUT2D eigenvalue weighted by atomic mass is 16.5. The van der Waals surface area contributed by atoms with Gasteiger partial charge in [-0.25, -0.2) is 0 Å². The maximum atomic E-state index is 12.5. The molecule has 2 fully saturated rings. The quantitative estimate of drug-likeness (QED) is 0.776. The highest BCUT2D eigenvalue weighted by Crippen LogP contribution is 2.33. The fourth-order valence-corrected chi connectivity index (χ4v) is 3.26. The van der Waals surface area contributed by atoms with Crippen LogP contribution in [0.5, 0.6) is 0 Å². The Morgan fingerprint density at radius 1 is 1.32 bits per heavy atom. The van der Waals surface area contributed by atoms with E-state index in [1.807, 2.05) is 36.1 Å².